The Bertz CT molecular complexity index is 1250. The molecule has 0 atom stereocenters. The summed E-state index contributed by atoms with van der Waals surface area (Å²) in [4.78, 5) is 0. The van der Waals surface area contributed by atoms with Crippen molar-refractivity contribution in [2.75, 3.05) is 0 Å². The van der Waals surface area contributed by atoms with Gasteiger partial charge in [0.05, 0.1) is 11.6 Å². The van der Waals surface area contributed by atoms with Crippen LogP contribution in [0, 0.1) is 11.3 Å². The number of rotatable bonds is 4. The van der Waals surface area contributed by atoms with E-state index in [4.69, 9.17) is 15.5 Å². The van der Waals surface area contributed by atoms with Crippen molar-refractivity contribution in [3.63, 3.8) is 0 Å². The molecule has 168 valence electrons. The highest BCUT2D eigenvalue weighted by Crippen LogP contribution is 2.21. The van der Waals surface area contributed by atoms with Crippen LogP contribution in [0.15, 0.2) is 97.1 Å². The molecule has 0 unspecified atom stereocenters. The van der Waals surface area contributed by atoms with Gasteiger partial charge < -0.3 is 20.4 Å². The van der Waals surface area contributed by atoms with Gasteiger partial charge in [-0.1, -0.05) is 48.6 Å². The standard InChI is InChI=1S/C15H11NO2.C14H12O2/c16-10-13(12-3-7-15(18)8-4-12)9-11-1-5-14(17)6-2-11;15-13-7-3-11(4-8-13)1-2-12-5-9-14(16)10-6-12/h1-9,17-18H;1-10,15-16H. The van der Waals surface area contributed by atoms with Gasteiger partial charge in [-0.25, -0.2) is 0 Å². The molecule has 34 heavy (non-hydrogen) atoms. The second-order valence-corrected chi connectivity index (χ2v) is 7.32. The van der Waals surface area contributed by atoms with Gasteiger partial charge in [-0.2, -0.15) is 5.26 Å². The van der Waals surface area contributed by atoms with Gasteiger partial charge in [0, 0.05) is 0 Å². The van der Waals surface area contributed by atoms with E-state index in [2.05, 4.69) is 6.07 Å². The van der Waals surface area contributed by atoms with Crippen LogP contribution in [0.2, 0.25) is 0 Å². The number of hydrogen-bond donors (Lipinski definition) is 4. The van der Waals surface area contributed by atoms with Gasteiger partial charge in [-0.15, -0.1) is 0 Å². The van der Waals surface area contributed by atoms with E-state index in [1.165, 1.54) is 12.1 Å². The molecule has 0 aliphatic rings. The van der Waals surface area contributed by atoms with Crippen molar-refractivity contribution in [3.8, 4) is 29.1 Å². The smallest absolute Gasteiger partial charge is 0.115 e. The van der Waals surface area contributed by atoms with E-state index in [0.29, 0.717) is 5.57 Å². The van der Waals surface area contributed by atoms with Crippen molar-refractivity contribution in [1.82, 2.24) is 0 Å². The lowest BCUT2D eigenvalue weighted by Gasteiger charge is -2.00. The Morgan fingerprint density at radius 2 is 0.824 bits per heavy atom. The minimum atomic E-state index is 0.167. The predicted molar refractivity (Wildman–Crippen MR) is 135 cm³/mol. The van der Waals surface area contributed by atoms with Gasteiger partial charge in [-0.05, 0) is 89.0 Å². The monoisotopic (exact) mass is 449 g/mol. The van der Waals surface area contributed by atoms with Gasteiger partial charge in [0.1, 0.15) is 23.0 Å². The molecule has 0 spiro atoms. The first-order valence-corrected chi connectivity index (χ1v) is 10.4. The molecule has 0 aromatic heterocycles. The molecule has 0 bridgehead atoms. The molecule has 0 amide bonds. The number of hydrogen-bond acceptors (Lipinski definition) is 5. The highest BCUT2D eigenvalue weighted by atomic mass is 16.3. The molecule has 5 nitrogen and oxygen atoms in total. The van der Waals surface area contributed by atoms with Gasteiger partial charge in [0.25, 0.3) is 0 Å². The first-order chi connectivity index (χ1) is 16.4. The third kappa shape index (κ3) is 7.33. The normalized spacial score (nSPS) is 10.9. The van der Waals surface area contributed by atoms with Crippen LogP contribution >= 0.6 is 0 Å². The molecule has 4 N–H and O–H groups in total. The predicted octanol–water partition coefficient (Wildman–Crippen LogP) is 6.43. The second-order valence-electron chi connectivity index (χ2n) is 7.32. The molecule has 4 rings (SSSR count). The van der Waals surface area contributed by atoms with Gasteiger partial charge in [-0.3, -0.25) is 0 Å². The molecule has 0 heterocycles. The molecule has 0 saturated carbocycles. The van der Waals surface area contributed by atoms with E-state index in [9.17, 15) is 10.2 Å². The summed E-state index contributed by atoms with van der Waals surface area (Å²) >= 11 is 0. The summed E-state index contributed by atoms with van der Waals surface area (Å²) in [5.41, 5.74) is 4.11. The van der Waals surface area contributed by atoms with E-state index in [1.54, 1.807) is 66.7 Å². The third-order valence-electron chi connectivity index (χ3n) is 4.76. The molecule has 5 heteroatoms. The van der Waals surface area contributed by atoms with Crippen molar-refractivity contribution < 1.29 is 20.4 Å². The van der Waals surface area contributed by atoms with E-state index in [0.717, 1.165) is 22.3 Å². The van der Waals surface area contributed by atoms with Crippen LogP contribution in [0.25, 0.3) is 23.8 Å². The fourth-order valence-corrected chi connectivity index (χ4v) is 2.92. The van der Waals surface area contributed by atoms with Crippen LogP contribution in [-0.2, 0) is 0 Å². The maximum atomic E-state index is 9.20. The Kier molecular flexibility index (Phi) is 8.09. The lowest BCUT2D eigenvalue weighted by Crippen LogP contribution is -1.81. The number of aromatic hydroxyl groups is 4. The van der Waals surface area contributed by atoms with Gasteiger partial charge in [0.15, 0.2) is 0 Å². The lowest BCUT2D eigenvalue weighted by atomic mass is 10.0. The van der Waals surface area contributed by atoms with Crippen LogP contribution in [0.5, 0.6) is 23.0 Å². The minimum Gasteiger partial charge on any atom is -0.508 e. The summed E-state index contributed by atoms with van der Waals surface area (Å²) in [6.45, 7) is 0. The fraction of sp³-hybridized carbons (Fsp3) is 0. The summed E-state index contributed by atoms with van der Waals surface area (Å²) in [6, 6.07) is 29.1. The van der Waals surface area contributed by atoms with E-state index in [1.807, 2.05) is 36.4 Å². The van der Waals surface area contributed by atoms with Crippen molar-refractivity contribution in [3.05, 3.63) is 119 Å². The highest BCUT2D eigenvalue weighted by Gasteiger charge is 2.01. The number of nitrogens with zero attached hydrogens (tertiary/aromatic N) is 1. The quantitative estimate of drug-likeness (QED) is 0.212. The number of phenolic OH excluding ortho intramolecular Hbond substituents is 4. The first-order valence-electron chi connectivity index (χ1n) is 10.4. The molecule has 4 aromatic rings. The van der Waals surface area contributed by atoms with Gasteiger partial charge >= 0.3 is 0 Å². The summed E-state index contributed by atoms with van der Waals surface area (Å²) in [6.07, 6.45) is 5.63. The Morgan fingerprint density at radius 3 is 1.18 bits per heavy atom. The molecule has 0 radical (unpaired) electrons. The Morgan fingerprint density at radius 1 is 0.500 bits per heavy atom. The SMILES string of the molecule is N#CC(=Cc1ccc(O)cc1)c1ccc(O)cc1.Oc1ccc(C=Cc2ccc(O)cc2)cc1. The lowest BCUT2D eigenvalue weighted by molar-refractivity contribution is 0.474. The number of nitriles is 1. The van der Waals surface area contributed by atoms with Crippen LogP contribution in [0.1, 0.15) is 22.3 Å². The number of benzene rings is 4. The van der Waals surface area contributed by atoms with Crippen molar-refractivity contribution in [2.45, 2.75) is 0 Å². The summed E-state index contributed by atoms with van der Waals surface area (Å²) in [5, 5.41) is 45.8. The zero-order valence-corrected chi connectivity index (χ0v) is 18.2. The van der Waals surface area contributed by atoms with Crippen LogP contribution in [0.3, 0.4) is 0 Å². The van der Waals surface area contributed by atoms with E-state index in [-0.39, 0.29) is 23.0 Å². The highest BCUT2D eigenvalue weighted by molar-refractivity contribution is 5.89. The largest absolute Gasteiger partial charge is 0.508 e. The van der Waals surface area contributed by atoms with E-state index >= 15 is 0 Å². The Balaban J connectivity index is 0.000000192. The molecule has 0 fully saturated rings. The maximum Gasteiger partial charge on any atom is 0.115 e. The summed E-state index contributed by atoms with van der Waals surface area (Å²) in [7, 11) is 0. The molecule has 4 aromatic carbocycles. The summed E-state index contributed by atoms with van der Waals surface area (Å²) in [5.74, 6) is 0.888. The first kappa shape index (κ1) is 23.7. The van der Waals surface area contributed by atoms with E-state index < -0.39 is 0 Å². The van der Waals surface area contributed by atoms with Crippen LogP contribution in [0.4, 0.5) is 0 Å². The van der Waals surface area contributed by atoms with Crippen LogP contribution < -0.4 is 0 Å². The van der Waals surface area contributed by atoms with Crippen molar-refractivity contribution in [2.24, 2.45) is 0 Å². The van der Waals surface area contributed by atoms with Gasteiger partial charge in [0.2, 0.25) is 0 Å². The average molecular weight is 450 g/mol. The summed E-state index contributed by atoms with van der Waals surface area (Å²) < 4.78 is 0. The Hall–Kier alpha value is -4.95. The van der Waals surface area contributed by atoms with Crippen molar-refractivity contribution >= 4 is 23.8 Å². The number of allylic oxidation sites excluding steroid dienone is 1. The average Bonchev–Trinajstić information content (AvgIpc) is 2.85. The molecule has 0 saturated heterocycles. The number of phenols is 4. The maximum absolute atomic E-state index is 9.20. The molecule has 0 aliphatic heterocycles. The molecular weight excluding hydrogens is 426 g/mol. The minimum absolute atomic E-state index is 0.167. The Labute approximate surface area is 198 Å². The fourth-order valence-electron chi connectivity index (χ4n) is 2.92. The third-order valence-corrected chi connectivity index (χ3v) is 4.76. The molecule has 0 aliphatic carbocycles. The zero-order chi connectivity index (χ0) is 24.3. The molecular formula is C29H23NO4. The second kappa shape index (κ2) is 11.6. The zero-order valence-electron chi connectivity index (χ0n) is 18.2. The van der Waals surface area contributed by atoms with Crippen LogP contribution in [-0.4, -0.2) is 20.4 Å². The van der Waals surface area contributed by atoms with Crippen molar-refractivity contribution in [1.29, 1.82) is 5.26 Å². The topological polar surface area (TPSA) is 105 Å².